The summed E-state index contributed by atoms with van der Waals surface area (Å²) in [5.74, 6) is 0. The first-order chi connectivity index (χ1) is 11.5. The number of para-hydroxylation sites is 1. The number of carbonyl (C=O) groups excluding carboxylic acids is 2. The topological polar surface area (TPSA) is 64.7 Å². The van der Waals surface area contributed by atoms with Crippen LogP contribution in [-0.2, 0) is 12.8 Å². The Morgan fingerprint density at radius 1 is 1.04 bits per heavy atom. The zero-order valence-electron chi connectivity index (χ0n) is 15.1. The second-order valence-electron chi connectivity index (χ2n) is 6.29. The molecule has 2 rings (SSSR count). The number of hydrazine groups is 1. The van der Waals surface area contributed by atoms with E-state index in [2.05, 4.69) is 24.5 Å². The van der Waals surface area contributed by atoms with E-state index in [4.69, 9.17) is 0 Å². The van der Waals surface area contributed by atoms with E-state index in [-0.39, 0.29) is 18.1 Å². The van der Waals surface area contributed by atoms with Crippen molar-refractivity contribution >= 4 is 17.7 Å². The van der Waals surface area contributed by atoms with E-state index in [1.54, 1.807) is 0 Å². The Kier molecular flexibility index (Phi) is 6.06. The minimum absolute atomic E-state index is 0.0375. The van der Waals surface area contributed by atoms with Gasteiger partial charge in [-0.15, -0.1) is 0 Å². The van der Waals surface area contributed by atoms with Crippen LogP contribution in [0.2, 0.25) is 0 Å². The Bertz CT molecular complexity index is 578. The molecule has 0 bridgehead atoms. The predicted molar refractivity (Wildman–Crippen MR) is 95.9 cm³/mol. The maximum atomic E-state index is 12.7. The molecular formula is C18H28N4O2. The summed E-state index contributed by atoms with van der Waals surface area (Å²) >= 11 is 0. The SMILES string of the molecule is CCc1cccc(CC)c1NC(=O)N1CCCN1C(=O)NC(C)C. The van der Waals surface area contributed by atoms with Crippen molar-refractivity contribution in [1.29, 1.82) is 0 Å². The third kappa shape index (κ3) is 3.99. The van der Waals surface area contributed by atoms with Gasteiger partial charge in [-0.3, -0.25) is 0 Å². The summed E-state index contributed by atoms with van der Waals surface area (Å²) in [6, 6.07) is 5.64. The van der Waals surface area contributed by atoms with Crippen molar-refractivity contribution in [1.82, 2.24) is 15.3 Å². The van der Waals surface area contributed by atoms with Gasteiger partial charge in [0.25, 0.3) is 0 Å². The van der Waals surface area contributed by atoms with Crippen LogP contribution in [0.5, 0.6) is 0 Å². The van der Waals surface area contributed by atoms with Gasteiger partial charge in [0.15, 0.2) is 0 Å². The molecule has 0 spiro atoms. The second kappa shape index (κ2) is 8.04. The zero-order valence-corrected chi connectivity index (χ0v) is 15.1. The molecule has 2 N–H and O–H groups in total. The number of benzene rings is 1. The van der Waals surface area contributed by atoms with Gasteiger partial charge >= 0.3 is 12.1 Å². The highest BCUT2D eigenvalue weighted by Gasteiger charge is 2.31. The van der Waals surface area contributed by atoms with E-state index in [1.165, 1.54) is 10.0 Å². The monoisotopic (exact) mass is 332 g/mol. The van der Waals surface area contributed by atoms with Crippen LogP contribution < -0.4 is 10.6 Å². The van der Waals surface area contributed by atoms with Crippen LogP contribution in [0.3, 0.4) is 0 Å². The molecule has 0 aromatic heterocycles. The van der Waals surface area contributed by atoms with Gasteiger partial charge in [0, 0.05) is 24.8 Å². The first-order valence-corrected chi connectivity index (χ1v) is 8.75. The number of hydrogen-bond donors (Lipinski definition) is 2. The molecular weight excluding hydrogens is 304 g/mol. The lowest BCUT2D eigenvalue weighted by molar-refractivity contribution is 0.0933. The van der Waals surface area contributed by atoms with Gasteiger partial charge < -0.3 is 10.6 Å². The molecule has 6 nitrogen and oxygen atoms in total. The molecule has 1 aliphatic rings. The minimum Gasteiger partial charge on any atom is -0.334 e. The number of nitrogens with one attached hydrogen (secondary N) is 2. The summed E-state index contributed by atoms with van der Waals surface area (Å²) in [6.45, 7) is 9.06. The Balaban J connectivity index is 2.16. The zero-order chi connectivity index (χ0) is 17.7. The standard InChI is InChI=1S/C18H28N4O2/c1-5-14-9-7-10-15(6-2)16(14)20-18(24)22-12-8-11-21(22)17(23)19-13(3)4/h7,9-10,13H,5-6,8,11-12H2,1-4H3,(H,19,23)(H,20,24). The van der Waals surface area contributed by atoms with Crippen LogP contribution in [0.1, 0.15) is 45.2 Å². The van der Waals surface area contributed by atoms with E-state index in [1.807, 2.05) is 32.0 Å². The Labute approximate surface area is 144 Å². The molecule has 0 atom stereocenters. The lowest BCUT2D eigenvalue weighted by atomic mass is 10.0. The van der Waals surface area contributed by atoms with Crippen molar-refractivity contribution in [3.05, 3.63) is 29.3 Å². The number of carbonyl (C=O) groups is 2. The number of nitrogens with zero attached hydrogens (tertiary/aromatic N) is 2. The van der Waals surface area contributed by atoms with Gasteiger partial charge in [-0.1, -0.05) is 32.0 Å². The van der Waals surface area contributed by atoms with Crippen molar-refractivity contribution < 1.29 is 9.59 Å². The summed E-state index contributed by atoms with van der Waals surface area (Å²) in [5.41, 5.74) is 3.10. The molecule has 1 heterocycles. The predicted octanol–water partition coefficient (Wildman–Crippen LogP) is 3.38. The number of anilines is 1. The maximum absolute atomic E-state index is 12.7. The first-order valence-electron chi connectivity index (χ1n) is 8.75. The molecule has 1 saturated heterocycles. The van der Waals surface area contributed by atoms with E-state index < -0.39 is 0 Å². The molecule has 6 heteroatoms. The highest BCUT2D eigenvalue weighted by molar-refractivity contribution is 5.92. The van der Waals surface area contributed by atoms with Gasteiger partial charge in [0.1, 0.15) is 0 Å². The fraction of sp³-hybridized carbons (Fsp3) is 0.556. The molecule has 1 fully saturated rings. The Morgan fingerprint density at radius 3 is 2.08 bits per heavy atom. The number of urea groups is 2. The average Bonchev–Trinajstić information content (AvgIpc) is 3.04. The minimum atomic E-state index is -0.248. The van der Waals surface area contributed by atoms with E-state index in [0.29, 0.717) is 13.1 Å². The molecule has 1 aromatic rings. The number of rotatable bonds is 4. The Morgan fingerprint density at radius 2 is 1.58 bits per heavy atom. The van der Waals surface area contributed by atoms with Crippen LogP contribution in [0.25, 0.3) is 0 Å². The van der Waals surface area contributed by atoms with Gasteiger partial charge in [0.2, 0.25) is 0 Å². The molecule has 0 aliphatic carbocycles. The van der Waals surface area contributed by atoms with Crippen LogP contribution in [-0.4, -0.2) is 41.2 Å². The van der Waals surface area contributed by atoms with E-state index >= 15 is 0 Å². The fourth-order valence-electron chi connectivity index (χ4n) is 2.93. The summed E-state index contributed by atoms with van der Waals surface area (Å²) in [5, 5.41) is 8.87. The molecule has 24 heavy (non-hydrogen) atoms. The number of hydrogen-bond acceptors (Lipinski definition) is 2. The number of amides is 4. The summed E-state index contributed by atoms with van der Waals surface area (Å²) < 4.78 is 0. The molecule has 1 aliphatic heterocycles. The summed E-state index contributed by atoms with van der Waals surface area (Å²) in [6.07, 6.45) is 2.48. The molecule has 4 amide bonds. The smallest absolute Gasteiger partial charge is 0.334 e. The fourth-order valence-corrected chi connectivity index (χ4v) is 2.93. The highest BCUT2D eigenvalue weighted by atomic mass is 16.2. The van der Waals surface area contributed by atoms with Crippen molar-refractivity contribution in [3.8, 4) is 0 Å². The van der Waals surface area contributed by atoms with Crippen LogP contribution >= 0.6 is 0 Å². The number of aryl methyl sites for hydroxylation is 2. The van der Waals surface area contributed by atoms with E-state index in [9.17, 15) is 9.59 Å². The average molecular weight is 332 g/mol. The largest absolute Gasteiger partial charge is 0.340 e. The molecule has 132 valence electrons. The lowest BCUT2D eigenvalue weighted by Crippen LogP contribution is -2.51. The van der Waals surface area contributed by atoms with Crippen molar-refractivity contribution in [3.63, 3.8) is 0 Å². The molecule has 0 radical (unpaired) electrons. The second-order valence-corrected chi connectivity index (χ2v) is 6.29. The van der Waals surface area contributed by atoms with Crippen molar-refractivity contribution in [2.75, 3.05) is 18.4 Å². The van der Waals surface area contributed by atoms with Crippen LogP contribution in [0.15, 0.2) is 18.2 Å². The van der Waals surface area contributed by atoms with Crippen LogP contribution in [0, 0.1) is 0 Å². The third-order valence-corrected chi connectivity index (χ3v) is 4.14. The van der Waals surface area contributed by atoms with Gasteiger partial charge in [-0.05, 0) is 44.2 Å². The molecule has 1 aromatic carbocycles. The van der Waals surface area contributed by atoms with Crippen LogP contribution in [0.4, 0.5) is 15.3 Å². The quantitative estimate of drug-likeness (QED) is 0.888. The highest BCUT2D eigenvalue weighted by Crippen LogP contribution is 2.24. The van der Waals surface area contributed by atoms with Crippen molar-refractivity contribution in [2.45, 2.75) is 53.0 Å². The summed E-state index contributed by atoms with van der Waals surface area (Å²) in [4.78, 5) is 25.0. The Hall–Kier alpha value is -2.24. The first kappa shape index (κ1) is 18.1. The summed E-state index contributed by atoms with van der Waals surface area (Å²) in [7, 11) is 0. The maximum Gasteiger partial charge on any atom is 0.340 e. The van der Waals surface area contributed by atoms with Gasteiger partial charge in [-0.2, -0.15) is 0 Å². The van der Waals surface area contributed by atoms with Gasteiger partial charge in [-0.25, -0.2) is 19.6 Å². The molecule has 0 unspecified atom stereocenters. The normalized spacial score (nSPS) is 14.2. The van der Waals surface area contributed by atoms with Crippen molar-refractivity contribution in [2.24, 2.45) is 0 Å². The lowest BCUT2D eigenvalue weighted by Gasteiger charge is -2.29. The third-order valence-electron chi connectivity index (χ3n) is 4.14. The van der Waals surface area contributed by atoms with E-state index in [0.717, 1.165) is 36.1 Å². The van der Waals surface area contributed by atoms with Gasteiger partial charge in [0.05, 0.1) is 0 Å². The molecule has 0 saturated carbocycles.